The molecule has 0 radical (unpaired) electrons. The van der Waals surface area contributed by atoms with Crippen LogP contribution in [-0.4, -0.2) is 27.6 Å². The van der Waals surface area contributed by atoms with E-state index in [-0.39, 0.29) is 17.7 Å². The molecule has 29 heavy (non-hydrogen) atoms. The monoisotopic (exact) mass is 387 g/mol. The van der Waals surface area contributed by atoms with Crippen LogP contribution in [0.4, 0.5) is 11.4 Å². The van der Waals surface area contributed by atoms with Gasteiger partial charge in [0.25, 0.3) is 5.91 Å². The highest BCUT2D eigenvalue weighted by Gasteiger charge is 2.20. The lowest BCUT2D eigenvalue weighted by molar-refractivity contribution is 0.0684. The minimum absolute atomic E-state index is 0.0138. The molecule has 0 fully saturated rings. The van der Waals surface area contributed by atoms with E-state index < -0.39 is 0 Å². The maximum Gasteiger partial charge on any atom is 0.272 e. The van der Waals surface area contributed by atoms with Gasteiger partial charge in [-0.1, -0.05) is 42.5 Å². The van der Waals surface area contributed by atoms with Gasteiger partial charge in [-0.15, -0.1) is 0 Å². The molecule has 1 heterocycles. The maximum atomic E-state index is 13.0. The molecule has 0 aliphatic carbocycles. The zero-order valence-electron chi connectivity index (χ0n) is 16.9. The number of hydrogen-bond acceptors (Lipinski definition) is 4. The number of ketones is 1. The Hall–Kier alpha value is -3.47. The van der Waals surface area contributed by atoms with E-state index in [0.717, 1.165) is 16.9 Å². The summed E-state index contributed by atoms with van der Waals surface area (Å²) < 4.78 is 0. The van der Waals surface area contributed by atoms with E-state index in [1.165, 1.54) is 6.92 Å². The summed E-state index contributed by atoms with van der Waals surface area (Å²) >= 11 is 0. The fourth-order valence-electron chi connectivity index (χ4n) is 2.99. The first-order chi connectivity index (χ1) is 13.9. The van der Waals surface area contributed by atoms with Crippen molar-refractivity contribution in [2.24, 2.45) is 0 Å². The van der Waals surface area contributed by atoms with Gasteiger partial charge in [0.05, 0.1) is 11.9 Å². The molecule has 0 atom stereocenters. The summed E-state index contributed by atoms with van der Waals surface area (Å²) in [5.41, 5.74) is 3.67. The fourth-order valence-corrected chi connectivity index (χ4v) is 2.99. The molecular formula is C24H25N3O2. The number of nitrogens with one attached hydrogen (secondary N) is 1. The van der Waals surface area contributed by atoms with E-state index in [0.29, 0.717) is 17.8 Å². The summed E-state index contributed by atoms with van der Waals surface area (Å²) in [6.45, 7) is 6.07. The lowest BCUT2D eigenvalue weighted by atomic mass is 10.1. The van der Waals surface area contributed by atoms with Crippen molar-refractivity contribution < 1.29 is 9.59 Å². The molecule has 0 bridgehead atoms. The number of aromatic nitrogens is 1. The number of nitrogens with zero attached hydrogens (tertiary/aromatic N) is 2. The van der Waals surface area contributed by atoms with Gasteiger partial charge in [0, 0.05) is 23.8 Å². The van der Waals surface area contributed by atoms with Gasteiger partial charge >= 0.3 is 0 Å². The van der Waals surface area contributed by atoms with E-state index in [9.17, 15) is 9.59 Å². The number of pyridine rings is 1. The normalized spacial score (nSPS) is 10.6. The quantitative estimate of drug-likeness (QED) is 0.574. The molecule has 0 saturated heterocycles. The van der Waals surface area contributed by atoms with E-state index in [2.05, 4.69) is 10.3 Å². The van der Waals surface area contributed by atoms with Crippen LogP contribution in [0.1, 0.15) is 47.2 Å². The van der Waals surface area contributed by atoms with Gasteiger partial charge in [0.15, 0.2) is 5.78 Å². The van der Waals surface area contributed by atoms with Crippen molar-refractivity contribution in [3.63, 3.8) is 0 Å². The number of anilines is 2. The number of benzene rings is 2. The van der Waals surface area contributed by atoms with Crippen LogP contribution in [0.25, 0.3) is 0 Å². The smallest absolute Gasteiger partial charge is 0.272 e. The van der Waals surface area contributed by atoms with E-state index >= 15 is 0 Å². The molecule has 1 amide bonds. The van der Waals surface area contributed by atoms with Crippen LogP contribution in [0.3, 0.4) is 0 Å². The third kappa shape index (κ3) is 5.29. The van der Waals surface area contributed by atoms with Crippen LogP contribution >= 0.6 is 0 Å². The molecule has 148 valence electrons. The Morgan fingerprint density at radius 1 is 0.966 bits per heavy atom. The van der Waals surface area contributed by atoms with Crippen LogP contribution in [0.15, 0.2) is 72.9 Å². The van der Waals surface area contributed by atoms with Crippen molar-refractivity contribution >= 4 is 23.1 Å². The molecule has 5 heteroatoms. The predicted molar refractivity (Wildman–Crippen MR) is 115 cm³/mol. The van der Waals surface area contributed by atoms with Crippen molar-refractivity contribution in [1.29, 1.82) is 0 Å². The van der Waals surface area contributed by atoms with Crippen LogP contribution in [0.2, 0.25) is 0 Å². The van der Waals surface area contributed by atoms with E-state index in [4.69, 9.17) is 0 Å². The predicted octanol–water partition coefficient (Wildman–Crippen LogP) is 5.08. The second-order valence-electron chi connectivity index (χ2n) is 7.21. The number of carbonyl (C=O) groups excluding carboxylic acids is 2. The van der Waals surface area contributed by atoms with Crippen molar-refractivity contribution in [2.75, 3.05) is 5.32 Å². The molecule has 5 nitrogen and oxygen atoms in total. The van der Waals surface area contributed by atoms with Gasteiger partial charge in [-0.25, -0.2) is 4.98 Å². The van der Waals surface area contributed by atoms with E-state index in [1.54, 1.807) is 29.3 Å². The van der Waals surface area contributed by atoms with Gasteiger partial charge in [-0.05, 0) is 50.6 Å². The molecule has 3 aromatic rings. The lowest BCUT2D eigenvalue weighted by Gasteiger charge is -2.26. The summed E-state index contributed by atoms with van der Waals surface area (Å²) in [6, 6.07) is 20.8. The molecule has 3 rings (SSSR count). The largest absolute Gasteiger partial charge is 0.354 e. The van der Waals surface area contributed by atoms with Crippen LogP contribution in [-0.2, 0) is 6.54 Å². The minimum Gasteiger partial charge on any atom is -0.354 e. The highest BCUT2D eigenvalue weighted by atomic mass is 16.2. The Bertz CT molecular complexity index is 983. The summed E-state index contributed by atoms with van der Waals surface area (Å²) in [6.07, 6.45) is 1.63. The Morgan fingerprint density at radius 3 is 2.34 bits per heavy atom. The average molecular weight is 387 g/mol. The second kappa shape index (κ2) is 9.15. The molecule has 0 saturated carbocycles. The van der Waals surface area contributed by atoms with Crippen LogP contribution < -0.4 is 5.32 Å². The molecule has 0 spiro atoms. The Morgan fingerprint density at radius 2 is 1.72 bits per heavy atom. The average Bonchev–Trinajstić information content (AvgIpc) is 2.73. The van der Waals surface area contributed by atoms with Gasteiger partial charge in [-0.2, -0.15) is 0 Å². The zero-order valence-corrected chi connectivity index (χ0v) is 16.9. The number of rotatable bonds is 7. The van der Waals surface area contributed by atoms with Crippen molar-refractivity contribution in [3.8, 4) is 0 Å². The van der Waals surface area contributed by atoms with Gasteiger partial charge < -0.3 is 10.2 Å². The second-order valence-corrected chi connectivity index (χ2v) is 7.21. The van der Waals surface area contributed by atoms with Gasteiger partial charge in [0.1, 0.15) is 5.69 Å². The van der Waals surface area contributed by atoms with Crippen molar-refractivity contribution in [2.45, 2.75) is 33.4 Å². The van der Waals surface area contributed by atoms with E-state index in [1.807, 2.05) is 62.4 Å². The first kappa shape index (κ1) is 20.3. The first-order valence-corrected chi connectivity index (χ1v) is 9.63. The summed E-state index contributed by atoms with van der Waals surface area (Å²) in [5, 5.41) is 3.22. The maximum absolute atomic E-state index is 13.0. The first-order valence-electron chi connectivity index (χ1n) is 9.63. The number of hydrogen-bond donors (Lipinski definition) is 1. The van der Waals surface area contributed by atoms with Gasteiger partial charge in [0.2, 0.25) is 0 Å². The Labute approximate surface area is 171 Å². The highest BCUT2D eigenvalue weighted by molar-refractivity contribution is 5.95. The molecule has 0 aliphatic rings. The molecule has 0 unspecified atom stereocenters. The SMILES string of the molecule is CC(=O)c1cccc(Nc2ccc(C(=O)N(Cc3ccccc3)C(C)C)nc2)c1. The molecular weight excluding hydrogens is 362 g/mol. The fraction of sp³-hybridized carbons (Fsp3) is 0.208. The summed E-state index contributed by atoms with van der Waals surface area (Å²) in [5.74, 6) is -0.0890. The molecule has 1 N–H and O–H groups in total. The number of Topliss-reactive ketones (excluding diaryl/α,β-unsaturated/α-hetero) is 1. The zero-order chi connectivity index (χ0) is 20.8. The molecule has 1 aromatic heterocycles. The topological polar surface area (TPSA) is 62.3 Å². The van der Waals surface area contributed by atoms with Crippen LogP contribution in [0.5, 0.6) is 0 Å². The number of amides is 1. The van der Waals surface area contributed by atoms with Crippen LogP contribution in [0, 0.1) is 0 Å². The minimum atomic E-state index is -0.103. The Kier molecular flexibility index (Phi) is 6.39. The third-order valence-electron chi connectivity index (χ3n) is 4.62. The van der Waals surface area contributed by atoms with Crippen molar-refractivity contribution in [3.05, 3.63) is 89.7 Å². The molecule has 2 aromatic carbocycles. The molecule has 0 aliphatic heterocycles. The number of carbonyl (C=O) groups is 2. The van der Waals surface area contributed by atoms with Gasteiger partial charge in [-0.3, -0.25) is 9.59 Å². The third-order valence-corrected chi connectivity index (χ3v) is 4.62. The standard InChI is InChI=1S/C24H25N3O2/c1-17(2)27(16-19-8-5-4-6-9-19)24(29)23-13-12-22(15-25-23)26-21-11-7-10-20(14-21)18(3)28/h4-15,17,26H,16H2,1-3H3. The highest BCUT2D eigenvalue weighted by Crippen LogP contribution is 2.19. The lowest BCUT2D eigenvalue weighted by Crippen LogP contribution is -2.36. The van der Waals surface area contributed by atoms with Crippen molar-refractivity contribution in [1.82, 2.24) is 9.88 Å². The summed E-state index contributed by atoms with van der Waals surface area (Å²) in [7, 11) is 0. The summed E-state index contributed by atoms with van der Waals surface area (Å²) in [4.78, 5) is 30.7. The Balaban J connectivity index is 1.73.